The van der Waals surface area contributed by atoms with Gasteiger partial charge in [-0.3, -0.25) is 4.21 Å². The molecular formula is C10H13BrOS. The first-order chi connectivity index (χ1) is 5.91. The van der Waals surface area contributed by atoms with Crippen molar-refractivity contribution >= 4 is 26.7 Å². The third-order valence-electron chi connectivity index (χ3n) is 1.68. The van der Waals surface area contributed by atoms with Crippen LogP contribution in [0.4, 0.5) is 0 Å². The van der Waals surface area contributed by atoms with Gasteiger partial charge in [0.2, 0.25) is 0 Å². The molecule has 0 spiro atoms. The van der Waals surface area contributed by atoms with E-state index in [1.54, 1.807) is 0 Å². The number of aryl methyl sites for hydroxylation is 1. The predicted octanol–water partition coefficient (Wildman–Crippen LogP) is 3.23. The van der Waals surface area contributed by atoms with Crippen molar-refractivity contribution < 1.29 is 4.21 Å². The van der Waals surface area contributed by atoms with Crippen LogP contribution in [0.3, 0.4) is 0 Å². The van der Waals surface area contributed by atoms with Crippen LogP contribution in [0.1, 0.15) is 19.4 Å². The zero-order valence-corrected chi connectivity index (χ0v) is 10.4. The number of rotatable bonds is 2. The molecule has 1 aromatic rings. The fourth-order valence-corrected chi connectivity index (χ4v) is 2.45. The highest BCUT2D eigenvalue weighted by Crippen LogP contribution is 2.26. The lowest BCUT2D eigenvalue weighted by atomic mass is 10.2. The van der Waals surface area contributed by atoms with Crippen molar-refractivity contribution in [2.24, 2.45) is 0 Å². The van der Waals surface area contributed by atoms with Gasteiger partial charge in [0.25, 0.3) is 0 Å². The highest BCUT2D eigenvalue weighted by Gasteiger charge is 2.22. The summed E-state index contributed by atoms with van der Waals surface area (Å²) in [4.78, 5) is 0.868. The fraction of sp³-hybridized carbons (Fsp3) is 0.400. The van der Waals surface area contributed by atoms with E-state index in [9.17, 15) is 4.21 Å². The van der Waals surface area contributed by atoms with E-state index in [-0.39, 0.29) is 3.66 Å². The molecule has 0 aliphatic heterocycles. The van der Waals surface area contributed by atoms with Gasteiger partial charge in [-0.05, 0) is 32.9 Å². The molecular weight excluding hydrogens is 248 g/mol. The van der Waals surface area contributed by atoms with E-state index < -0.39 is 10.8 Å². The molecule has 0 amide bonds. The summed E-state index contributed by atoms with van der Waals surface area (Å²) in [7, 11) is -0.992. The largest absolute Gasteiger partial charge is 0.253 e. The SMILES string of the molecule is Cc1ccc(S(=O)C(C)(C)Br)cc1. The average Bonchev–Trinajstić information content (AvgIpc) is 2.03. The lowest BCUT2D eigenvalue weighted by Crippen LogP contribution is -2.17. The van der Waals surface area contributed by atoms with Crippen molar-refractivity contribution in [2.45, 2.75) is 29.3 Å². The van der Waals surface area contributed by atoms with Crippen molar-refractivity contribution in [3.63, 3.8) is 0 Å². The lowest BCUT2D eigenvalue weighted by molar-refractivity contribution is 0.674. The second-order valence-corrected chi connectivity index (χ2v) is 7.98. The van der Waals surface area contributed by atoms with Crippen LogP contribution in [0, 0.1) is 6.92 Å². The highest BCUT2D eigenvalue weighted by molar-refractivity contribution is 9.11. The molecule has 0 bridgehead atoms. The van der Waals surface area contributed by atoms with Crippen LogP contribution in [-0.4, -0.2) is 7.87 Å². The molecule has 0 aromatic heterocycles. The number of halogens is 1. The molecule has 13 heavy (non-hydrogen) atoms. The van der Waals surface area contributed by atoms with Crippen molar-refractivity contribution in [3.8, 4) is 0 Å². The molecule has 0 aliphatic rings. The van der Waals surface area contributed by atoms with E-state index in [0.29, 0.717) is 0 Å². The molecule has 0 saturated carbocycles. The fourth-order valence-electron chi connectivity index (χ4n) is 0.942. The van der Waals surface area contributed by atoms with Gasteiger partial charge in [0.05, 0.1) is 14.5 Å². The van der Waals surface area contributed by atoms with Gasteiger partial charge >= 0.3 is 0 Å². The Kier molecular flexibility index (Phi) is 3.30. The van der Waals surface area contributed by atoms with E-state index in [4.69, 9.17) is 0 Å². The minimum Gasteiger partial charge on any atom is -0.253 e. The maximum Gasteiger partial charge on any atom is 0.0996 e. The Balaban J connectivity index is 2.97. The third-order valence-corrected chi connectivity index (χ3v) is 4.14. The first kappa shape index (κ1) is 10.9. The standard InChI is InChI=1S/C10H13BrOS/c1-8-4-6-9(7-5-8)13(12)10(2,3)11/h4-7H,1-3H3. The zero-order valence-electron chi connectivity index (χ0n) is 8.00. The van der Waals surface area contributed by atoms with Gasteiger partial charge in [0, 0.05) is 4.90 Å². The maximum atomic E-state index is 11.8. The lowest BCUT2D eigenvalue weighted by Gasteiger charge is -2.15. The molecule has 0 fully saturated rings. The summed E-state index contributed by atoms with van der Waals surface area (Å²) in [5.41, 5.74) is 1.19. The molecule has 3 heteroatoms. The Morgan fingerprint density at radius 2 is 1.69 bits per heavy atom. The summed E-state index contributed by atoms with van der Waals surface area (Å²) in [6.45, 7) is 5.83. The summed E-state index contributed by atoms with van der Waals surface area (Å²) >= 11 is 3.40. The second-order valence-electron chi connectivity index (χ2n) is 3.45. The first-order valence-electron chi connectivity index (χ1n) is 4.09. The number of benzene rings is 1. The second kappa shape index (κ2) is 3.93. The number of alkyl halides is 1. The average molecular weight is 261 g/mol. The molecule has 1 unspecified atom stereocenters. The van der Waals surface area contributed by atoms with Crippen LogP contribution >= 0.6 is 15.9 Å². The van der Waals surface area contributed by atoms with E-state index in [1.807, 2.05) is 45.0 Å². The predicted molar refractivity (Wildman–Crippen MR) is 60.6 cm³/mol. The molecule has 1 atom stereocenters. The van der Waals surface area contributed by atoms with Crippen LogP contribution in [-0.2, 0) is 10.8 Å². The molecule has 0 N–H and O–H groups in total. The Morgan fingerprint density at radius 1 is 1.23 bits per heavy atom. The first-order valence-corrected chi connectivity index (χ1v) is 6.03. The van der Waals surface area contributed by atoms with Crippen LogP contribution in [0.15, 0.2) is 29.2 Å². The van der Waals surface area contributed by atoms with E-state index in [1.165, 1.54) is 5.56 Å². The van der Waals surface area contributed by atoms with Crippen LogP contribution in [0.2, 0.25) is 0 Å². The summed E-state index contributed by atoms with van der Waals surface area (Å²) in [6, 6.07) is 7.78. The van der Waals surface area contributed by atoms with Crippen molar-refractivity contribution in [3.05, 3.63) is 29.8 Å². The van der Waals surface area contributed by atoms with Gasteiger partial charge in [-0.15, -0.1) is 0 Å². The van der Waals surface area contributed by atoms with Gasteiger partial charge < -0.3 is 0 Å². The number of hydrogen-bond donors (Lipinski definition) is 0. The quantitative estimate of drug-likeness (QED) is 0.747. The van der Waals surface area contributed by atoms with E-state index >= 15 is 0 Å². The Bertz CT molecular complexity index is 311. The molecule has 0 heterocycles. The third kappa shape index (κ3) is 2.92. The van der Waals surface area contributed by atoms with Crippen LogP contribution < -0.4 is 0 Å². The Hall–Kier alpha value is -0.150. The van der Waals surface area contributed by atoms with Gasteiger partial charge in [-0.2, -0.15) is 0 Å². The van der Waals surface area contributed by atoms with Crippen LogP contribution in [0.25, 0.3) is 0 Å². The maximum absolute atomic E-state index is 11.8. The highest BCUT2D eigenvalue weighted by atomic mass is 79.9. The van der Waals surface area contributed by atoms with Gasteiger partial charge in [0.1, 0.15) is 0 Å². The smallest absolute Gasteiger partial charge is 0.0996 e. The Labute approximate surface area is 90.1 Å². The van der Waals surface area contributed by atoms with Crippen molar-refractivity contribution in [1.29, 1.82) is 0 Å². The van der Waals surface area contributed by atoms with Crippen LogP contribution in [0.5, 0.6) is 0 Å². The normalized spacial score (nSPS) is 14.2. The van der Waals surface area contributed by atoms with Crippen molar-refractivity contribution in [1.82, 2.24) is 0 Å². The van der Waals surface area contributed by atoms with E-state index in [0.717, 1.165) is 4.90 Å². The molecule has 1 rings (SSSR count). The molecule has 0 radical (unpaired) electrons. The van der Waals surface area contributed by atoms with Gasteiger partial charge in [-0.25, -0.2) is 0 Å². The topological polar surface area (TPSA) is 17.1 Å². The summed E-state index contributed by atoms with van der Waals surface area (Å²) in [6.07, 6.45) is 0. The number of hydrogen-bond acceptors (Lipinski definition) is 1. The molecule has 0 aliphatic carbocycles. The molecule has 72 valence electrons. The Morgan fingerprint density at radius 3 is 2.08 bits per heavy atom. The summed E-state index contributed by atoms with van der Waals surface area (Å²) in [5, 5.41) is 0. The molecule has 0 saturated heterocycles. The molecule has 1 nitrogen and oxygen atoms in total. The van der Waals surface area contributed by atoms with Gasteiger partial charge in [0.15, 0.2) is 0 Å². The molecule has 1 aromatic carbocycles. The zero-order chi connectivity index (χ0) is 10.1. The van der Waals surface area contributed by atoms with Gasteiger partial charge in [-0.1, -0.05) is 33.6 Å². The summed E-state index contributed by atoms with van der Waals surface area (Å²) < 4.78 is 11.5. The minimum absolute atomic E-state index is 0.359. The monoisotopic (exact) mass is 260 g/mol. The summed E-state index contributed by atoms with van der Waals surface area (Å²) in [5.74, 6) is 0. The van der Waals surface area contributed by atoms with Crippen molar-refractivity contribution in [2.75, 3.05) is 0 Å². The van der Waals surface area contributed by atoms with E-state index in [2.05, 4.69) is 15.9 Å². The minimum atomic E-state index is -0.992.